The van der Waals surface area contributed by atoms with Gasteiger partial charge in [0.15, 0.2) is 5.78 Å². The van der Waals surface area contributed by atoms with E-state index in [0.29, 0.717) is 5.92 Å². The Labute approximate surface area is 97.1 Å². The van der Waals surface area contributed by atoms with Crippen LogP contribution in [0, 0.1) is 17.3 Å². The monoisotopic (exact) mass is 220 g/mol. The summed E-state index contributed by atoms with van der Waals surface area (Å²) in [6.07, 6.45) is 4.34. The van der Waals surface area contributed by atoms with Gasteiger partial charge >= 0.3 is 0 Å². The third-order valence-corrected chi connectivity index (χ3v) is 4.76. The SMILES string of the molecule is CC(=O)C1C=C2C(C)(C)CC3CC3C2(C)O1. The molecule has 1 heterocycles. The summed E-state index contributed by atoms with van der Waals surface area (Å²) in [5.41, 5.74) is 1.43. The van der Waals surface area contributed by atoms with Gasteiger partial charge in [0.25, 0.3) is 0 Å². The maximum Gasteiger partial charge on any atom is 0.162 e. The molecule has 0 aromatic carbocycles. The predicted molar refractivity (Wildman–Crippen MR) is 62.0 cm³/mol. The number of ketones is 1. The molecule has 16 heavy (non-hydrogen) atoms. The van der Waals surface area contributed by atoms with Crippen LogP contribution in [0.15, 0.2) is 11.6 Å². The molecule has 2 aliphatic carbocycles. The lowest BCUT2D eigenvalue weighted by atomic mass is 9.66. The molecule has 88 valence electrons. The zero-order valence-electron chi connectivity index (χ0n) is 10.5. The minimum Gasteiger partial charge on any atom is -0.355 e. The Kier molecular flexibility index (Phi) is 1.83. The van der Waals surface area contributed by atoms with E-state index in [4.69, 9.17) is 4.74 Å². The van der Waals surface area contributed by atoms with E-state index in [9.17, 15) is 4.79 Å². The van der Waals surface area contributed by atoms with E-state index in [0.717, 1.165) is 5.92 Å². The highest BCUT2D eigenvalue weighted by molar-refractivity contribution is 5.83. The van der Waals surface area contributed by atoms with E-state index >= 15 is 0 Å². The molecule has 2 fully saturated rings. The van der Waals surface area contributed by atoms with Gasteiger partial charge in [0.2, 0.25) is 0 Å². The Morgan fingerprint density at radius 1 is 1.44 bits per heavy atom. The number of Topliss-reactive ketones (excluding diaryl/α,β-unsaturated/α-hetero) is 1. The number of carbonyl (C=O) groups is 1. The van der Waals surface area contributed by atoms with Gasteiger partial charge in [-0.1, -0.05) is 13.8 Å². The van der Waals surface area contributed by atoms with Gasteiger partial charge in [0.05, 0.1) is 5.60 Å². The van der Waals surface area contributed by atoms with Crippen molar-refractivity contribution in [3.8, 4) is 0 Å². The molecule has 0 bridgehead atoms. The molecule has 4 unspecified atom stereocenters. The first-order valence-corrected chi connectivity index (χ1v) is 6.25. The summed E-state index contributed by atoms with van der Waals surface area (Å²) in [6.45, 7) is 8.39. The standard InChI is InChI=1S/C14H20O2/c1-8(15)11-6-12-13(2,3)7-9-5-10(9)14(12,4)16-11/h6,9-11H,5,7H2,1-4H3. The average molecular weight is 220 g/mol. The fraction of sp³-hybridized carbons (Fsp3) is 0.786. The van der Waals surface area contributed by atoms with Gasteiger partial charge in [0.1, 0.15) is 6.10 Å². The molecule has 0 amide bonds. The highest BCUT2D eigenvalue weighted by Gasteiger charge is 2.63. The summed E-state index contributed by atoms with van der Waals surface area (Å²) in [5, 5.41) is 0. The van der Waals surface area contributed by atoms with Crippen molar-refractivity contribution in [1.82, 2.24) is 0 Å². The van der Waals surface area contributed by atoms with Gasteiger partial charge in [-0.3, -0.25) is 4.79 Å². The van der Waals surface area contributed by atoms with Crippen molar-refractivity contribution in [3.63, 3.8) is 0 Å². The fourth-order valence-electron chi connectivity index (χ4n) is 3.98. The molecule has 2 heteroatoms. The van der Waals surface area contributed by atoms with E-state index in [1.54, 1.807) is 6.92 Å². The van der Waals surface area contributed by atoms with Crippen LogP contribution in [-0.4, -0.2) is 17.5 Å². The molecular weight excluding hydrogens is 200 g/mol. The number of hydrogen-bond donors (Lipinski definition) is 0. The van der Waals surface area contributed by atoms with Crippen molar-refractivity contribution in [2.75, 3.05) is 0 Å². The molecule has 3 aliphatic rings. The first kappa shape index (κ1) is 10.5. The average Bonchev–Trinajstić information content (AvgIpc) is 2.79. The molecule has 0 spiro atoms. The highest BCUT2D eigenvalue weighted by Crippen LogP contribution is 2.65. The molecule has 0 saturated heterocycles. The van der Waals surface area contributed by atoms with Crippen molar-refractivity contribution >= 4 is 5.78 Å². The topological polar surface area (TPSA) is 26.3 Å². The second-order valence-electron chi connectivity index (χ2n) is 6.53. The molecular formula is C14H20O2. The smallest absolute Gasteiger partial charge is 0.162 e. The fourth-order valence-corrected chi connectivity index (χ4v) is 3.98. The van der Waals surface area contributed by atoms with Gasteiger partial charge in [-0.25, -0.2) is 0 Å². The summed E-state index contributed by atoms with van der Waals surface area (Å²) in [4.78, 5) is 11.5. The molecule has 2 saturated carbocycles. The molecule has 0 N–H and O–H groups in total. The third kappa shape index (κ3) is 1.20. The first-order valence-electron chi connectivity index (χ1n) is 6.25. The van der Waals surface area contributed by atoms with Gasteiger partial charge in [-0.2, -0.15) is 0 Å². The van der Waals surface area contributed by atoms with Crippen molar-refractivity contribution in [2.24, 2.45) is 17.3 Å². The van der Waals surface area contributed by atoms with Crippen LogP contribution < -0.4 is 0 Å². The largest absolute Gasteiger partial charge is 0.355 e. The van der Waals surface area contributed by atoms with E-state index in [1.807, 2.05) is 0 Å². The molecule has 0 aromatic rings. The van der Waals surface area contributed by atoms with E-state index in [2.05, 4.69) is 26.8 Å². The van der Waals surface area contributed by atoms with Crippen molar-refractivity contribution in [2.45, 2.75) is 52.2 Å². The summed E-state index contributed by atoms with van der Waals surface area (Å²) >= 11 is 0. The quantitative estimate of drug-likeness (QED) is 0.635. The first-order chi connectivity index (χ1) is 7.34. The summed E-state index contributed by atoms with van der Waals surface area (Å²) < 4.78 is 6.06. The number of fused-ring (bicyclic) bond motifs is 3. The Hall–Kier alpha value is -0.630. The second-order valence-corrected chi connectivity index (χ2v) is 6.53. The predicted octanol–water partition coefficient (Wildman–Crippen LogP) is 2.73. The van der Waals surface area contributed by atoms with Gasteiger partial charge in [-0.05, 0) is 55.6 Å². The molecule has 1 aliphatic heterocycles. The van der Waals surface area contributed by atoms with Crippen molar-refractivity contribution < 1.29 is 9.53 Å². The Morgan fingerprint density at radius 2 is 2.12 bits per heavy atom. The van der Waals surface area contributed by atoms with Crippen LogP contribution in [0.1, 0.15) is 40.5 Å². The minimum absolute atomic E-state index is 0.135. The molecule has 0 aromatic heterocycles. The van der Waals surface area contributed by atoms with Crippen LogP contribution >= 0.6 is 0 Å². The lowest BCUT2D eigenvalue weighted by Crippen LogP contribution is -2.42. The van der Waals surface area contributed by atoms with Crippen molar-refractivity contribution in [3.05, 3.63) is 11.6 Å². The summed E-state index contributed by atoms with van der Waals surface area (Å²) in [7, 11) is 0. The molecule has 3 rings (SSSR count). The summed E-state index contributed by atoms with van der Waals surface area (Å²) in [6, 6.07) is 0. The van der Waals surface area contributed by atoms with Gasteiger partial charge in [0, 0.05) is 0 Å². The van der Waals surface area contributed by atoms with Crippen molar-refractivity contribution in [1.29, 1.82) is 0 Å². The van der Waals surface area contributed by atoms with Crippen LogP contribution in [0.3, 0.4) is 0 Å². The minimum atomic E-state index is -0.293. The Bertz CT molecular complexity index is 394. The van der Waals surface area contributed by atoms with Gasteiger partial charge < -0.3 is 4.74 Å². The molecule has 4 atom stereocenters. The van der Waals surface area contributed by atoms with Crippen LogP contribution in [0.5, 0.6) is 0 Å². The number of rotatable bonds is 1. The Morgan fingerprint density at radius 3 is 2.75 bits per heavy atom. The van der Waals surface area contributed by atoms with Gasteiger partial charge in [-0.15, -0.1) is 0 Å². The molecule has 0 radical (unpaired) electrons. The lowest BCUT2D eigenvalue weighted by molar-refractivity contribution is -0.132. The number of ether oxygens (including phenoxy) is 1. The third-order valence-electron chi connectivity index (χ3n) is 4.76. The zero-order valence-corrected chi connectivity index (χ0v) is 10.5. The van der Waals surface area contributed by atoms with Crippen LogP contribution in [-0.2, 0) is 9.53 Å². The maximum atomic E-state index is 11.5. The second kappa shape index (κ2) is 2.79. The van der Waals surface area contributed by atoms with E-state index in [-0.39, 0.29) is 22.9 Å². The van der Waals surface area contributed by atoms with E-state index < -0.39 is 0 Å². The highest BCUT2D eigenvalue weighted by atomic mass is 16.5. The van der Waals surface area contributed by atoms with Crippen LogP contribution in [0.2, 0.25) is 0 Å². The Balaban J connectivity index is 2.03. The van der Waals surface area contributed by atoms with Crippen LogP contribution in [0.4, 0.5) is 0 Å². The van der Waals surface area contributed by atoms with E-state index in [1.165, 1.54) is 18.4 Å². The normalized spacial score (nSPS) is 48.0. The summed E-state index contributed by atoms with van der Waals surface area (Å²) in [5.74, 6) is 1.62. The number of carbonyl (C=O) groups excluding carboxylic acids is 1. The maximum absolute atomic E-state index is 11.5. The number of hydrogen-bond acceptors (Lipinski definition) is 2. The zero-order chi connectivity index (χ0) is 11.7. The molecule has 2 nitrogen and oxygen atoms in total. The van der Waals surface area contributed by atoms with Crippen LogP contribution in [0.25, 0.3) is 0 Å². The lowest BCUT2D eigenvalue weighted by Gasteiger charge is -2.42.